The van der Waals surface area contributed by atoms with Gasteiger partial charge in [-0.25, -0.2) is 4.39 Å². The summed E-state index contributed by atoms with van der Waals surface area (Å²) in [7, 11) is 0. The van der Waals surface area contributed by atoms with Crippen molar-refractivity contribution in [3.8, 4) is 0 Å². The molecule has 17 heavy (non-hydrogen) atoms. The van der Waals surface area contributed by atoms with E-state index in [0.717, 1.165) is 12.0 Å². The molecule has 0 aromatic heterocycles. The zero-order valence-corrected chi connectivity index (χ0v) is 11.7. The van der Waals surface area contributed by atoms with Gasteiger partial charge in [-0.15, -0.1) is 0 Å². The lowest BCUT2D eigenvalue weighted by Gasteiger charge is -2.24. The van der Waals surface area contributed by atoms with E-state index in [1.165, 1.54) is 6.07 Å². The molecule has 3 atom stereocenters. The second kappa shape index (κ2) is 6.36. The number of hydrogen-bond acceptors (Lipinski definition) is 1. The second-order valence-electron chi connectivity index (χ2n) is 4.74. The summed E-state index contributed by atoms with van der Waals surface area (Å²) in [6.07, 6.45) is 1.13. The molecule has 0 saturated heterocycles. The van der Waals surface area contributed by atoms with Crippen molar-refractivity contribution in [2.24, 2.45) is 5.92 Å². The van der Waals surface area contributed by atoms with Gasteiger partial charge in [0.2, 0.25) is 0 Å². The molecule has 1 nitrogen and oxygen atoms in total. The molecule has 1 aromatic rings. The Morgan fingerprint density at radius 3 is 2.47 bits per heavy atom. The topological polar surface area (TPSA) is 12.0 Å². The van der Waals surface area contributed by atoms with E-state index >= 15 is 0 Å². The monoisotopic (exact) mass is 257 g/mol. The van der Waals surface area contributed by atoms with Gasteiger partial charge in [0, 0.05) is 12.1 Å². The predicted molar refractivity (Wildman–Crippen MR) is 71.9 cm³/mol. The van der Waals surface area contributed by atoms with Crippen LogP contribution in [0.25, 0.3) is 0 Å². The first-order valence-electron chi connectivity index (χ1n) is 6.16. The van der Waals surface area contributed by atoms with Crippen LogP contribution >= 0.6 is 11.6 Å². The molecule has 0 fully saturated rings. The number of halogens is 2. The van der Waals surface area contributed by atoms with Crippen LogP contribution in [0.5, 0.6) is 0 Å². The van der Waals surface area contributed by atoms with Gasteiger partial charge in [-0.3, -0.25) is 0 Å². The lowest BCUT2D eigenvalue weighted by atomic mass is 9.99. The van der Waals surface area contributed by atoms with Crippen LogP contribution < -0.4 is 5.32 Å². The van der Waals surface area contributed by atoms with Gasteiger partial charge in [0.15, 0.2) is 0 Å². The summed E-state index contributed by atoms with van der Waals surface area (Å²) in [4.78, 5) is 0. The van der Waals surface area contributed by atoms with Crippen LogP contribution in [0, 0.1) is 11.7 Å². The molecule has 1 rings (SSSR count). The van der Waals surface area contributed by atoms with Gasteiger partial charge < -0.3 is 5.32 Å². The highest BCUT2D eigenvalue weighted by atomic mass is 35.5. The number of hydrogen-bond donors (Lipinski definition) is 1. The molecule has 0 spiro atoms. The summed E-state index contributed by atoms with van der Waals surface area (Å²) in [6.45, 7) is 8.60. The van der Waals surface area contributed by atoms with Crippen molar-refractivity contribution < 1.29 is 4.39 Å². The summed E-state index contributed by atoms with van der Waals surface area (Å²) in [5.41, 5.74) is 0.932. The largest absolute Gasteiger partial charge is 0.307 e. The molecule has 3 unspecified atom stereocenters. The molecule has 0 saturated carbocycles. The van der Waals surface area contributed by atoms with Crippen molar-refractivity contribution >= 4 is 11.6 Å². The van der Waals surface area contributed by atoms with Crippen molar-refractivity contribution in [1.29, 1.82) is 0 Å². The molecule has 0 bridgehead atoms. The quantitative estimate of drug-likeness (QED) is 0.815. The second-order valence-corrected chi connectivity index (χ2v) is 5.14. The van der Waals surface area contributed by atoms with Crippen molar-refractivity contribution in [3.05, 3.63) is 34.6 Å². The molecule has 0 radical (unpaired) electrons. The van der Waals surface area contributed by atoms with E-state index in [1.807, 2.05) is 13.0 Å². The van der Waals surface area contributed by atoms with Crippen LogP contribution in [0.1, 0.15) is 45.7 Å². The SMILES string of the molecule is CCC(C)C(C)NC(C)c1ccc(Cl)c(F)c1. The van der Waals surface area contributed by atoms with E-state index < -0.39 is 0 Å². The summed E-state index contributed by atoms with van der Waals surface area (Å²) in [5, 5.41) is 3.66. The Labute approximate surface area is 108 Å². The Morgan fingerprint density at radius 1 is 1.29 bits per heavy atom. The minimum atomic E-state index is -0.353. The van der Waals surface area contributed by atoms with E-state index in [-0.39, 0.29) is 16.9 Å². The normalized spacial score (nSPS) is 16.6. The molecule has 0 aliphatic rings. The van der Waals surface area contributed by atoms with Crippen molar-refractivity contribution in [1.82, 2.24) is 5.32 Å². The third-order valence-electron chi connectivity index (χ3n) is 3.45. The van der Waals surface area contributed by atoms with E-state index in [4.69, 9.17) is 11.6 Å². The average molecular weight is 258 g/mol. The maximum Gasteiger partial charge on any atom is 0.142 e. The fraction of sp³-hybridized carbons (Fsp3) is 0.571. The summed E-state index contributed by atoms with van der Waals surface area (Å²) in [5.74, 6) is 0.253. The van der Waals surface area contributed by atoms with Gasteiger partial charge in [0.1, 0.15) is 5.82 Å². The van der Waals surface area contributed by atoms with E-state index in [1.54, 1.807) is 6.07 Å². The van der Waals surface area contributed by atoms with Crippen molar-refractivity contribution in [2.45, 2.75) is 46.2 Å². The Hall–Kier alpha value is -0.600. The van der Waals surface area contributed by atoms with Gasteiger partial charge in [-0.1, -0.05) is 37.9 Å². The molecule has 0 aliphatic heterocycles. The molecule has 0 amide bonds. The molecular formula is C14H21ClFN. The number of rotatable bonds is 5. The minimum Gasteiger partial charge on any atom is -0.307 e. The Balaban J connectivity index is 2.69. The Morgan fingerprint density at radius 2 is 1.94 bits per heavy atom. The van der Waals surface area contributed by atoms with Gasteiger partial charge in [0.25, 0.3) is 0 Å². The lowest BCUT2D eigenvalue weighted by molar-refractivity contribution is 0.360. The van der Waals surface area contributed by atoms with Crippen LogP contribution in [0.4, 0.5) is 4.39 Å². The maximum atomic E-state index is 13.3. The summed E-state index contributed by atoms with van der Waals surface area (Å²) >= 11 is 5.67. The molecule has 1 N–H and O–H groups in total. The van der Waals surface area contributed by atoms with Crippen molar-refractivity contribution in [2.75, 3.05) is 0 Å². The first-order valence-corrected chi connectivity index (χ1v) is 6.54. The van der Waals surface area contributed by atoms with Crippen molar-refractivity contribution in [3.63, 3.8) is 0 Å². The van der Waals surface area contributed by atoms with Crippen LogP contribution in [-0.2, 0) is 0 Å². The summed E-state index contributed by atoms with van der Waals surface area (Å²) in [6, 6.07) is 5.52. The van der Waals surface area contributed by atoms with E-state index in [9.17, 15) is 4.39 Å². The molecule has 0 heterocycles. The molecule has 1 aromatic carbocycles. The first-order chi connectivity index (χ1) is 7.95. The van der Waals surface area contributed by atoms with Gasteiger partial charge >= 0.3 is 0 Å². The van der Waals surface area contributed by atoms with E-state index in [2.05, 4.69) is 26.1 Å². The van der Waals surface area contributed by atoms with Gasteiger partial charge in [-0.05, 0) is 37.5 Å². The minimum absolute atomic E-state index is 0.130. The van der Waals surface area contributed by atoms with Crippen LogP contribution in [-0.4, -0.2) is 6.04 Å². The highest BCUT2D eigenvalue weighted by Crippen LogP contribution is 2.21. The third-order valence-corrected chi connectivity index (χ3v) is 3.76. The maximum absolute atomic E-state index is 13.3. The molecular weight excluding hydrogens is 237 g/mol. The zero-order chi connectivity index (χ0) is 13.0. The summed E-state index contributed by atoms with van der Waals surface area (Å²) < 4.78 is 13.3. The van der Waals surface area contributed by atoms with Crippen LogP contribution in [0.3, 0.4) is 0 Å². The first kappa shape index (κ1) is 14.5. The lowest BCUT2D eigenvalue weighted by Crippen LogP contribution is -2.33. The van der Waals surface area contributed by atoms with E-state index in [0.29, 0.717) is 12.0 Å². The fourth-order valence-corrected chi connectivity index (χ4v) is 1.91. The predicted octanol–water partition coefficient (Wildman–Crippen LogP) is 4.56. The molecule has 96 valence electrons. The fourth-order valence-electron chi connectivity index (χ4n) is 1.79. The van der Waals surface area contributed by atoms with Gasteiger partial charge in [0.05, 0.1) is 5.02 Å². The smallest absolute Gasteiger partial charge is 0.142 e. The Kier molecular flexibility index (Phi) is 5.41. The van der Waals surface area contributed by atoms with Gasteiger partial charge in [-0.2, -0.15) is 0 Å². The third kappa shape index (κ3) is 3.97. The molecule has 3 heteroatoms. The Bertz CT molecular complexity index is 367. The number of benzene rings is 1. The zero-order valence-electron chi connectivity index (χ0n) is 10.9. The average Bonchev–Trinajstić information content (AvgIpc) is 2.31. The highest BCUT2D eigenvalue weighted by Gasteiger charge is 2.14. The number of nitrogens with one attached hydrogen (secondary N) is 1. The van der Waals surface area contributed by atoms with Crippen LogP contribution in [0.2, 0.25) is 5.02 Å². The standard InChI is InChI=1S/C14H21ClFN/c1-5-9(2)10(3)17-11(4)12-6-7-13(15)14(16)8-12/h6-11,17H,5H2,1-4H3. The van der Waals surface area contributed by atoms with Crippen LogP contribution in [0.15, 0.2) is 18.2 Å². The molecule has 0 aliphatic carbocycles. The highest BCUT2D eigenvalue weighted by molar-refractivity contribution is 6.30.